The van der Waals surface area contributed by atoms with Gasteiger partial charge in [0, 0.05) is 17.8 Å². The third kappa shape index (κ3) is 5.04. The molecule has 2 aromatic rings. The molecule has 1 aromatic carbocycles. The van der Waals surface area contributed by atoms with Gasteiger partial charge in [0.1, 0.15) is 11.4 Å². The molecular weight excluding hydrogens is 318 g/mol. The zero-order chi connectivity index (χ0) is 18.2. The van der Waals surface area contributed by atoms with Crippen molar-refractivity contribution >= 4 is 17.5 Å². The van der Waals surface area contributed by atoms with Crippen molar-refractivity contribution in [2.24, 2.45) is 0 Å². The zero-order valence-corrected chi connectivity index (χ0v) is 14.7. The molecule has 1 aromatic heterocycles. The summed E-state index contributed by atoms with van der Waals surface area (Å²) in [6.45, 7) is 6.28. The van der Waals surface area contributed by atoms with Crippen molar-refractivity contribution in [2.45, 2.75) is 33.2 Å². The minimum atomic E-state index is -0.327. The summed E-state index contributed by atoms with van der Waals surface area (Å²) >= 11 is 0. The van der Waals surface area contributed by atoms with Crippen LogP contribution in [0.15, 0.2) is 42.6 Å². The van der Waals surface area contributed by atoms with Crippen LogP contribution in [0, 0.1) is 0 Å². The average Bonchev–Trinajstić information content (AvgIpc) is 2.63. The van der Waals surface area contributed by atoms with Gasteiger partial charge in [0.15, 0.2) is 0 Å². The molecule has 0 aliphatic heterocycles. The highest BCUT2D eigenvalue weighted by Crippen LogP contribution is 2.24. The van der Waals surface area contributed by atoms with Crippen molar-refractivity contribution in [3.05, 3.63) is 53.9 Å². The number of amides is 2. The number of hydrogen-bond donors (Lipinski definition) is 2. The molecule has 0 radical (unpaired) electrons. The summed E-state index contributed by atoms with van der Waals surface area (Å²) in [5.41, 5.74) is 1.15. The molecule has 1 unspecified atom stereocenters. The number of benzene rings is 1. The number of nitrogens with zero attached hydrogens (tertiary/aromatic N) is 1. The maximum atomic E-state index is 12.5. The first-order valence-corrected chi connectivity index (χ1v) is 8.35. The summed E-state index contributed by atoms with van der Waals surface area (Å²) in [6, 6.07) is 10.3. The lowest BCUT2D eigenvalue weighted by Crippen LogP contribution is -2.32. The van der Waals surface area contributed by atoms with E-state index in [0.717, 1.165) is 6.42 Å². The van der Waals surface area contributed by atoms with Crippen LogP contribution >= 0.6 is 0 Å². The minimum Gasteiger partial charge on any atom is -0.492 e. The van der Waals surface area contributed by atoms with E-state index in [-0.39, 0.29) is 23.6 Å². The van der Waals surface area contributed by atoms with Crippen molar-refractivity contribution < 1.29 is 14.3 Å². The number of para-hydroxylation sites is 2. The summed E-state index contributed by atoms with van der Waals surface area (Å²) in [6.07, 6.45) is 2.27. The molecule has 0 aliphatic carbocycles. The Labute approximate surface area is 147 Å². The monoisotopic (exact) mass is 341 g/mol. The van der Waals surface area contributed by atoms with Crippen LogP contribution in [0.5, 0.6) is 5.75 Å². The lowest BCUT2D eigenvalue weighted by molar-refractivity contribution is 0.0934. The van der Waals surface area contributed by atoms with Crippen LogP contribution in [0.2, 0.25) is 0 Å². The first-order valence-electron chi connectivity index (χ1n) is 8.35. The number of hydrogen-bond acceptors (Lipinski definition) is 4. The van der Waals surface area contributed by atoms with Crippen LogP contribution < -0.4 is 15.4 Å². The Morgan fingerprint density at radius 3 is 2.64 bits per heavy atom. The van der Waals surface area contributed by atoms with E-state index in [9.17, 15) is 9.59 Å². The molecule has 6 heteroatoms. The minimum absolute atomic E-state index is 0.0462. The quantitative estimate of drug-likeness (QED) is 0.810. The van der Waals surface area contributed by atoms with Crippen LogP contribution in [0.4, 0.5) is 5.69 Å². The Hall–Kier alpha value is -2.89. The molecule has 2 rings (SSSR count). The lowest BCUT2D eigenvalue weighted by atomic mass is 10.2. The van der Waals surface area contributed by atoms with E-state index in [4.69, 9.17) is 4.74 Å². The summed E-state index contributed by atoms with van der Waals surface area (Å²) < 4.78 is 5.50. The molecule has 0 saturated carbocycles. The van der Waals surface area contributed by atoms with Gasteiger partial charge >= 0.3 is 0 Å². The normalized spacial score (nSPS) is 11.5. The highest BCUT2D eigenvalue weighted by atomic mass is 16.5. The fraction of sp³-hybridized carbons (Fsp3) is 0.316. The first-order chi connectivity index (χ1) is 12.0. The van der Waals surface area contributed by atoms with Crippen LogP contribution in [0.3, 0.4) is 0 Å². The largest absolute Gasteiger partial charge is 0.492 e. The number of carbonyl (C=O) groups excluding carboxylic acids is 2. The molecule has 6 nitrogen and oxygen atoms in total. The Balaban J connectivity index is 2.15. The maximum absolute atomic E-state index is 12.5. The van der Waals surface area contributed by atoms with Gasteiger partial charge in [-0.3, -0.25) is 14.6 Å². The third-order valence-corrected chi connectivity index (χ3v) is 3.68. The van der Waals surface area contributed by atoms with Crippen LogP contribution in [-0.2, 0) is 0 Å². The second-order valence-electron chi connectivity index (χ2n) is 5.60. The van der Waals surface area contributed by atoms with Gasteiger partial charge in [0.05, 0.1) is 12.3 Å². The van der Waals surface area contributed by atoms with Crippen LogP contribution in [-0.4, -0.2) is 29.4 Å². The van der Waals surface area contributed by atoms with Crippen molar-refractivity contribution in [3.63, 3.8) is 0 Å². The molecule has 0 bridgehead atoms. The summed E-state index contributed by atoms with van der Waals surface area (Å²) in [4.78, 5) is 28.7. The fourth-order valence-electron chi connectivity index (χ4n) is 2.14. The average molecular weight is 341 g/mol. The van der Waals surface area contributed by atoms with Gasteiger partial charge in [-0.2, -0.15) is 0 Å². The fourth-order valence-corrected chi connectivity index (χ4v) is 2.14. The second-order valence-corrected chi connectivity index (χ2v) is 5.60. The molecule has 132 valence electrons. The van der Waals surface area contributed by atoms with Gasteiger partial charge in [-0.15, -0.1) is 0 Å². The van der Waals surface area contributed by atoms with E-state index < -0.39 is 0 Å². The smallest absolute Gasteiger partial charge is 0.270 e. The SMILES string of the molecule is CCOc1ccccc1NC(=O)c1ccnc(C(=O)NC(C)CC)c1. The predicted molar refractivity (Wildman–Crippen MR) is 97.0 cm³/mol. The van der Waals surface area contributed by atoms with Gasteiger partial charge in [-0.1, -0.05) is 19.1 Å². The van der Waals surface area contributed by atoms with Gasteiger partial charge in [-0.05, 0) is 44.5 Å². The van der Waals surface area contributed by atoms with Gasteiger partial charge in [-0.25, -0.2) is 0 Å². The summed E-state index contributed by atoms with van der Waals surface area (Å²) in [7, 11) is 0. The predicted octanol–water partition coefficient (Wildman–Crippen LogP) is 3.26. The van der Waals surface area contributed by atoms with E-state index in [2.05, 4.69) is 15.6 Å². The molecule has 1 heterocycles. The van der Waals surface area contributed by atoms with E-state index >= 15 is 0 Å². The molecule has 0 saturated heterocycles. The number of ether oxygens (including phenoxy) is 1. The molecule has 0 spiro atoms. The Bertz CT molecular complexity index is 746. The number of pyridine rings is 1. The van der Waals surface area contributed by atoms with Crippen molar-refractivity contribution in [1.82, 2.24) is 10.3 Å². The van der Waals surface area contributed by atoms with E-state index in [1.807, 2.05) is 32.9 Å². The van der Waals surface area contributed by atoms with Crippen molar-refractivity contribution in [3.8, 4) is 5.75 Å². The number of carbonyl (C=O) groups is 2. The van der Waals surface area contributed by atoms with Crippen molar-refractivity contribution in [2.75, 3.05) is 11.9 Å². The Morgan fingerprint density at radius 1 is 1.16 bits per heavy atom. The molecule has 25 heavy (non-hydrogen) atoms. The first kappa shape index (κ1) is 18.4. The summed E-state index contributed by atoms with van der Waals surface area (Å²) in [5, 5.41) is 5.64. The van der Waals surface area contributed by atoms with Gasteiger partial charge in [0.2, 0.25) is 0 Å². The number of nitrogens with one attached hydrogen (secondary N) is 2. The lowest BCUT2D eigenvalue weighted by Gasteiger charge is -2.12. The highest BCUT2D eigenvalue weighted by molar-refractivity contribution is 6.06. The molecule has 0 aliphatic rings. The van der Waals surface area contributed by atoms with E-state index in [1.54, 1.807) is 18.2 Å². The maximum Gasteiger partial charge on any atom is 0.270 e. The molecule has 1 atom stereocenters. The van der Waals surface area contributed by atoms with Crippen molar-refractivity contribution in [1.29, 1.82) is 0 Å². The Kier molecular flexibility index (Phi) is 6.51. The Morgan fingerprint density at radius 2 is 1.92 bits per heavy atom. The van der Waals surface area contributed by atoms with E-state index in [1.165, 1.54) is 12.3 Å². The third-order valence-electron chi connectivity index (χ3n) is 3.68. The topological polar surface area (TPSA) is 80.3 Å². The molecule has 2 amide bonds. The summed E-state index contributed by atoms with van der Waals surface area (Å²) in [5.74, 6) is -0.0204. The molecule has 0 fully saturated rings. The second kappa shape index (κ2) is 8.82. The van der Waals surface area contributed by atoms with E-state index in [0.29, 0.717) is 23.6 Å². The number of anilines is 1. The molecular formula is C19H23N3O3. The van der Waals surface area contributed by atoms with Crippen LogP contribution in [0.25, 0.3) is 0 Å². The number of aromatic nitrogens is 1. The van der Waals surface area contributed by atoms with Gasteiger partial charge in [0.25, 0.3) is 11.8 Å². The van der Waals surface area contributed by atoms with Crippen LogP contribution in [0.1, 0.15) is 48.0 Å². The van der Waals surface area contributed by atoms with Gasteiger partial charge < -0.3 is 15.4 Å². The zero-order valence-electron chi connectivity index (χ0n) is 14.7. The molecule has 2 N–H and O–H groups in total. The highest BCUT2D eigenvalue weighted by Gasteiger charge is 2.14. The standard InChI is InChI=1S/C19H23N3O3/c1-4-13(3)21-19(24)16-12-14(10-11-20-16)18(23)22-15-8-6-7-9-17(15)25-5-2/h6-13H,4-5H2,1-3H3,(H,21,24)(H,22,23). The number of rotatable bonds is 7.